The molecule has 0 aliphatic carbocycles. The minimum Gasteiger partial charge on any atom is -0.492 e. The van der Waals surface area contributed by atoms with Crippen molar-refractivity contribution in [1.29, 1.82) is 0 Å². The second-order valence-electron chi connectivity index (χ2n) is 5.83. The molecule has 0 saturated carbocycles. The Hall–Kier alpha value is -1.11. The Morgan fingerprint density at radius 2 is 1.71 bits per heavy atom. The van der Waals surface area contributed by atoms with Crippen LogP contribution in [0.4, 0.5) is 0 Å². The molecule has 1 rings (SSSR count). The summed E-state index contributed by atoms with van der Waals surface area (Å²) in [5, 5.41) is 0. The van der Waals surface area contributed by atoms with Gasteiger partial charge in [0.05, 0.1) is 12.4 Å². The molecule has 0 amide bonds. The Morgan fingerprint density at radius 1 is 1.10 bits per heavy atom. The molecule has 0 fully saturated rings. The average molecular weight is 315 g/mol. The first-order valence-corrected chi connectivity index (χ1v) is 8.59. The highest BCUT2D eigenvalue weighted by Crippen LogP contribution is 2.24. The highest BCUT2D eigenvalue weighted by Gasteiger charge is 2.13. The Morgan fingerprint density at radius 3 is 2.24 bits per heavy atom. The summed E-state index contributed by atoms with van der Waals surface area (Å²) in [6, 6.07) is 7.86. The van der Waals surface area contributed by atoms with Crippen LogP contribution in [0.25, 0.3) is 0 Å². The first kappa shape index (κ1) is 17.9. The minimum atomic E-state index is -3.28. The number of ether oxygens (including phenoxy) is 2. The van der Waals surface area contributed by atoms with Crippen LogP contribution in [0.2, 0.25) is 0 Å². The molecular weight excluding hydrogens is 290 g/mol. The molecule has 0 aliphatic heterocycles. The fraction of sp³-hybridized carbons (Fsp3) is 0.600. The molecule has 1 N–H and O–H groups in total. The summed E-state index contributed by atoms with van der Waals surface area (Å²) < 4.78 is 35.7. The zero-order valence-electron chi connectivity index (χ0n) is 13.2. The lowest BCUT2D eigenvalue weighted by Crippen LogP contribution is -2.31. The second-order valence-corrected chi connectivity index (χ2v) is 7.76. The van der Waals surface area contributed by atoms with Crippen LogP contribution in [0.1, 0.15) is 26.3 Å². The molecule has 0 heterocycles. The molecule has 0 aromatic heterocycles. The van der Waals surface area contributed by atoms with Crippen molar-refractivity contribution in [2.24, 2.45) is 0 Å². The molecule has 1 aromatic carbocycles. The maximum absolute atomic E-state index is 11.5. The highest BCUT2D eigenvalue weighted by atomic mass is 32.2. The quantitative estimate of drug-likeness (QED) is 0.745. The van der Waals surface area contributed by atoms with Crippen LogP contribution in [0.3, 0.4) is 0 Å². The molecule has 21 heavy (non-hydrogen) atoms. The zero-order chi connectivity index (χ0) is 15.9. The third-order valence-electron chi connectivity index (χ3n) is 2.97. The molecule has 0 atom stereocenters. The topological polar surface area (TPSA) is 64.6 Å². The fourth-order valence-corrected chi connectivity index (χ4v) is 2.61. The lowest BCUT2D eigenvalue weighted by Gasteiger charge is -2.19. The Balaban J connectivity index is 2.36. The number of hydrogen-bond acceptors (Lipinski definition) is 4. The molecule has 0 aliphatic rings. The zero-order valence-corrected chi connectivity index (χ0v) is 14.0. The number of nitrogens with one attached hydrogen (secondary N) is 1. The van der Waals surface area contributed by atoms with Crippen molar-refractivity contribution in [3.05, 3.63) is 29.8 Å². The highest BCUT2D eigenvalue weighted by molar-refractivity contribution is 7.89. The molecule has 5 nitrogen and oxygen atoms in total. The summed E-state index contributed by atoms with van der Waals surface area (Å²) in [6.45, 7) is 7.17. The van der Waals surface area contributed by atoms with Crippen LogP contribution >= 0.6 is 0 Å². The first-order chi connectivity index (χ1) is 9.74. The Kier molecular flexibility index (Phi) is 6.64. The van der Waals surface area contributed by atoms with Gasteiger partial charge in [0, 0.05) is 13.7 Å². The van der Waals surface area contributed by atoms with E-state index in [0.29, 0.717) is 6.61 Å². The average Bonchev–Trinajstić information content (AvgIpc) is 2.41. The number of benzene rings is 1. The first-order valence-electron chi connectivity index (χ1n) is 6.94. The summed E-state index contributed by atoms with van der Waals surface area (Å²) in [5.74, 6) is 0.697. The van der Waals surface area contributed by atoms with E-state index >= 15 is 0 Å². The van der Waals surface area contributed by atoms with Crippen molar-refractivity contribution in [2.75, 3.05) is 32.6 Å². The summed E-state index contributed by atoms with van der Waals surface area (Å²) in [7, 11) is -1.81. The molecule has 0 spiro atoms. The summed E-state index contributed by atoms with van der Waals surface area (Å²) >= 11 is 0. The SMILES string of the molecule is COCCS(=O)(=O)NCCOc1ccc(C(C)(C)C)cc1. The standard InChI is InChI=1S/C15H25NO4S/c1-15(2,3)13-5-7-14(8-6-13)20-10-9-16-21(17,18)12-11-19-4/h5-8,16H,9-12H2,1-4H3. The van der Waals surface area contributed by atoms with E-state index in [9.17, 15) is 8.42 Å². The van der Waals surface area contributed by atoms with E-state index in [2.05, 4.69) is 25.5 Å². The van der Waals surface area contributed by atoms with Gasteiger partial charge in [-0.05, 0) is 23.1 Å². The summed E-state index contributed by atoms with van der Waals surface area (Å²) in [4.78, 5) is 0. The summed E-state index contributed by atoms with van der Waals surface area (Å²) in [5.41, 5.74) is 1.34. The van der Waals surface area contributed by atoms with Gasteiger partial charge in [-0.25, -0.2) is 13.1 Å². The van der Waals surface area contributed by atoms with Crippen LogP contribution < -0.4 is 9.46 Å². The maximum atomic E-state index is 11.5. The smallest absolute Gasteiger partial charge is 0.213 e. The van der Waals surface area contributed by atoms with Crippen molar-refractivity contribution in [3.63, 3.8) is 0 Å². The van der Waals surface area contributed by atoms with Crippen molar-refractivity contribution in [3.8, 4) is 5.75 Å². The van der Waals surface area contributed by atoms with E-state index in [0.717, 1.165) is 5.75 Å². The van der Waals surface area contributed by atoms with Crippen LogP contribution in [-0.4, -0.2) is 41.0 Å². The monoisotopic (exact) mass is 315 g/mol. The van der Waals surface area contributed by atoms with Crippen molar-refractivity contribution in [1.82, 2.24) is 4.72 Å². The second kappa shape index (κ2) is 7.77. The Labute approximate surface area is 127 Å². The molecule has 0 bridgehead atoms. The van der Waals surface area contributed by atoms with E-state index in [4.69, 9.17) is 9.47 Å². The number of hydrogen-bond donors (Lipinski definition) is 1. The normalized spacial score (nSPS) is 12.4. The van der Waals surface area contributed by atoms with Crippen LogP contribution in [0.5, 0.6) is 5.75 Å². The molecular formula is C15H25NO4S. The van der Waals surface area contributed by atoms with Crippen LogP contribution in [0, 0.1) is 0 Å². The van der Waals surface area contributed by atoms with E-state index in [1.807, 2.05) is 24.3 Å². The van der Waals surface area contributed by atoms with Gasteiger partial charge in [-0.2, -0.15) is 0 Å². The molecule has 0 unspecified atom stereocenters. The third kappa shape index (κ3) is 6.93. The lowest BCUT2D eigenvalue weighted by molar-refractivity contribution is 0.216. The maximum Gasteiger partial charge on any atom is 0.213 e. The van der Waals surface area contributed by atoms with Gasteiger partial charge in [0.15, 0.2) is 0 Å². The van der Waals surface area contributed by atoms with Crippen LogP contribution in [0.15, 0.2) is 24.3 Å². The van der Waals surface area contributed by atoms with Gasteiger partial charge in [0.2, 0.25) is 10.0 Å². The van der Waals surface area contributed by atoms with Gasteiger partial charge >= 0.3 is 0 Å². The number of sulfonamides is 1. The third-order valence-corrected chi connectivity index (χ3v) is 4.32. The molecule has 120 valence electrons. The van der Waals surface area contributed by atoms with E-state index < -0.39 is 10.0 Å². The molecule has 0 radical (unpaired) electrons. The van der Waals surface area contributed by atoms with Crippen molar-refractivity contribution in [2.45, 2.75) is 26.2 Å². The summed E-state index contributed by atoms with van der Waals surface area (Å²) in [6.07, 6.45) is 0. The lowest BCUT2D eigenvalue weighted by atomic mass is 9.87. The van der Waals surface area contributed by atoms with Gasteiger partial charge in [-0.15, -0.1) is 0 Å². The minimum absolute atomic E-state index is 0.0379. The predicted octanol–water partition coefficient (Wildman–Crippen LogP) is 1.93. The van der Waals surface area contributed by atoms with Gasteiger partial charge in [0.25, 0.3) is 0 Å². The Bertz CT molecular complexity index is 518. The van der Waals surface area contributed by atoms with E-state index in [-0.39, 0.29) is 24.3 Å². The number of methoxy groups -OCH3 is 1. The molecule has 0 saturated heterocycles. The van der Waals surface area contributed by atoms with Gasteiger partial charge in [-0.3, -0.25) is 0 Å². The number of rotatable bonds is 8. The van der Waals surface area contributed by atoms with Gasteiger partial charge in [0.1, 0.15) is 12.4 Å². The molecule has 6 heteroatoms. The van der Waals surface area contributed by atoms with Crippen molar-refractivity contribution < 1.29 is 17.9 Å². The predicted molar refractivity (Wildman–Crippen MR) is 84.3 cm³/mol. The van der Waals surface area contributed by atoms with E-state index in [1.54, 1.807) is 0 Å². The van der Waals surface area contributed by atoms with Crippen molar-refractivity contribution >= 4 is 10.0 Å². The largest absolute Gasteiger partial charge is 0.492 e. The fourth-order valence-electron chi connectivity index (χ4n) is 1.68. The van der Waals surface area contributed by atoms with Crippen LogP contribution in [-0.2, 0) is 20.2 Å². The van der Waals surface area contributed by atoms with E-state index in [1.165, 1.54) is 12.7 Å². The van der Waals surface area contributed by atoms with Gasteiger partial charge in [-0.1, -0.05) is 32.9 Å². The van der Waals surface area contributed by atoms with Gasteiger partial charge < -0.3 is 9.47 Å². The molecule has 1 aromatic rings.